The van der Waals surface area contributed by atoms with Crippen molar-refractivity contribution in [2.45, 2.75) is 26.4 Å². The van der Waals surface area contributed by atoms with Crippen molar-refractivity contribution in [3.8, 4) is 5.75 Å². The third-order valence-electron chi connectivity index (χ3n) is 2.95. The lowest BCUT2D eigenvalue weighted by atomic mass is 10.1. The first-order chi connectivity index (χ1) is 11.6. The summed E-state index contributed by atoms with van der Waals surface area (Å²) in [5.41, 5.74) is 5.16. The van der Waals surface area contributed by atoms with Crippen molar-refractivity contribution >= 4 is 27.5 Å². The van der Waals surface area contributed by atoms with Gasteiger partial charge in [-0.3, -0.25) is 4.79 Å². The van der Waals surface area contributed by atoms with E-state index in [0.29, 0.717) is 5.56 Å². The number of carbonyl (C=O) groups excluding carboxylic acids is 1. The summed E-state index contributed by atoms with van der Waals surface area (Å²) < 4.78 is 13.8. The monoisotopic (exact) mass is 409 g/mol. The molecule has 0 aliphatic carbocycles. The van der Waals surface area contributed by atoms with Crippen molar-refractivity contribution in [1.29, 1.82) is 0 Å². The van der Waals surface area contributed by atoms with Gasteiger partial charge >= 0.3 is 0 Å². The van der Waals surface area contributed by atoms with Gasteiger partial charge in [0.15, 0.2) is 0 Å². The van der Waals surface area contributed by atoms with Gasteiger partial charge in [0.1, 0.15) is 34.3 Å². The molecule has 25 heavy (non-hydrogen) atoms. The molecule has 1 amide bonds. The highest BCUT2D eigenvalue weighted by atomic mass is 79.9. The first-order valence-electron chi connectivity index (χ1n) is 7.30. The van der Waals surface area contributed by atoms with Gasteiger partial charge in [0.2, 0.25) is 0 Å². The van der Waals surface area contributed by atoms with Crippen LogP contribution in [-0.2, 0) is 4.84 Å². The summed E-state index contributed by atoms with van der Waals surface area (Å²) in [6.45, 7) is 5.38. The second-order valence-electron chi connectivity index (χ2n) is 6.20. The van der Waals surface area contributed by atoms with Crippen LogP contribution in [0.2, 0.25) is 0 Å². The van der Waals surface area contributed by atoms with Crippen molar-refractivity contribution in [1.82, 2.24) is 4.98 Å². The first kappa shape index (κ1) is 18.9. The number of aromatic nitrogens is 1. The van der Waals surface area contributed by atoms with Crippen LogP contribution < -0.4 is 5.73 Å². The van der Waals surface area contributed by atoms with E-state index >= 15 is 0 Å². The van der Waals surface area contributed by atoms with Crippen LogP contribution in [-0.4, -0.2) is 27.3 Å². The summed E-state index contributed by atoms with van der Waals surface area (Å²) in [5.74, 6) is -1.43. The number of carbonyl (C=O) groups is 1. The Kier molecular flexibility index (Phi) is 5.42. The summed E-state index contributed by atoms with van der Waals surface area (Å²) in [5, 5.41) is 14.2. The minimum Gasteiger partial charge on any atom is -0.506 e. The normalized spacial score (nSPS) is 12.1. The van der Waals surface area contributed by atoms with Crippen LogP contribution in [0.3, 0.4) is 0 Å². The largest absolute Gasteiger partial charge is 0.506 e. The fraction of sp³-hybridized carbons (Fsp3) is 0.235. The predicted molar refractivity (Wildman–Crippen MR) is 95.0 cm³/mol. The number of primary amides is 1. The van der Waals surface area contributed by atoms with E-state index in [9.17, 15) is 14.3 Å². The molecule has 0 aliphatic rings. The number of halogens is 2. The molecule has 1 aromatic heterocycles. The molecular formula is C17H17BrFN3O3. The van der Waals surface area contributed by atoms with Crippen LogP contribution in [0.4, 0.5) is 4.39 Å². The third kappa shape index (κ3) is 4.76. The Morgan fingerprint density at radius 3 is 2.56 bits per heavy atom. The molecule has 0 aliphatic heterocycles. The molecule has 2 rings (SSSR count). The number of pyridine rings is 1. The van der Waals surface area contributed by atoms with Crippen LogP contribution in [0, 0.1) is 5.82 Å². The van der Waals surface area contributed by atoms with E-state index < -0.39 is 17.3 Å². The second kappa shape index (κ2) is 7.18. The lowest BCUT2D eigenvalue weighted by Gasteiger charge is -2.17. The third-order valence-corrected chi connectivity index (χ3v) is 3.56. The molecular weight excluding hydrogens is 393 g/mol. The van der Waals surface area contributed by atoms with Gasteiger partial charge in [-0.25, -0.2) is 9.37 Å². The van der Waals surface area contributed by atoms with Gasteiger partial charge < -0.3 is 15.7 Å². The molecule has 0 radical (unpaired) electrons. The number of nitrogens with two attached hydrogens (primary N) is 1. The van der Waals surface area contributed by atoms with Crippen LogP contribution in [0.25, 0.3) is 0 Å². The number of oxime groups is 1. The molecule has 132 valence electrons. The summed E-state index contributed by atoms with van der Waals surface area (Å²) >= 11 is 3.11. The first-order valence-corrected chi connectivity index (χ1v) is 8.09. The van der Waals surface area contributed by atoms with Crippen molar-refractivity contribution in [3.05, 3.63) is 57.6 Å². The molecule has 0 bridgehead atoms. The molecule has 0 spiro atoms. The van der Waals surface area contributed by atoms with E-state index in [2.05, 4.69) is 26.1 Å². The number of aromatic hydroxyl groups is 1. The standard InChI is InChI=1S/C17H17BrFN3O3/c1-17(2,3)25-22-14(9-4-5-11(19)10(18)8-9)15-13(23)7-6-12(21-15)16(20)24/h4-8,23H,1-3H3,(H2,20,24)/b22-14-. The Hall–Kier alpha value is -2.48. The summed E-state index contributed by atoms with van der Waals surface area (Å²) in [7, 11) is 0. The van der Waals surface area contributed by atoms with Crippen molar-refractivity contribution in [2.24, 2.45) is 10.9 Å². The Morgan fingerprint density at radius 1 is 1.32 bits per heavy atom. The highest BCUT2D eigenvalue weighted by Gasteiger charge is 2.20. The van der Waals surface area contributed by atoms with Gasteiger partial charge in [-0.15, -0.1) is 0 Å². The molecule has 3 N–H and O–H groups in total. The molecule has 0 fully saturated rings. The average molecular weight is 410 g/mol. The van der Waals surface area contributed by atoms with E-state index in [1.54, 1.807) is 20.8 Å². The fourth-order valence-electron chi connectivity index (χ4n) is 1.82. The quantitative estimate of drug-likeness (QED) is 0.597. The SMILES string of the molecule is CC(C)(C)O/N=C(/c1ccc(F)c(Br)c1)c1nc(C(N)=O)ccc1O. The van der Waals surface area contributed by atoms with Gasteiger partial charge in [0.05, 0.1) is 4.47 Å². The van der Waals surface area contributed by atoms with Gasteiger partial charge in [0, 0.05) is 5.56 Å². The molecule has 6 nitrogen and oxygen atoms in total. The van der Waals surface area contributed by atoms with E-state index in [-0.39, 0.29) is 27.3 Å². The number of rotatable bonds is 4. The summed E-state index contributed by atoms with van der Waals surface area (Å²) in [6, 6.07) is 6.75. The van der Waals surface area contributed by atoms with Crippen molar-refractivity contribution in [3.63, 3.8) is 0 Å². The van der Waals surface area contributed by atoms with Gasteiger partial charge in [-0.2, -0.15) is 0 Å². The molecule has 0 saturated heterocycles. The van der Waals surface area contributed by atoms with E-state index in [0.717, 1.165) is 0 Å². The highest BCUT2D eigenvalue weighted by molar-refractivity contribution is 9.10. The van der Waals surface area contributed by atoms with Crippen molar-refractivity contribution in [2.75, 3.05) is 0 Å². The van der Waals surface area contributed by atoms with E-state index in [1.807, 2.05) is 0 Å². The lowest BCUT2D eigenvalue weighted by molar-refractivity contribution is 0.00110. The zero-order chi connectivity index (χ0) is 18.8. The number of amides is 1. The molecule has 2 aromatic rings. The van der Waals surface area contributed by atoms with Gasteiger partial charge in [-0.1, -0.05) is 5.16 Å². The highest BCUT2D eigenvalue weighted by Crippen LogP contribution is 2.24. The van der Waals surface area contributed by atoms with Gasteiger partial charge in [-0.05, 0) is 67.0 Å². The lowest BCUT2D eigenvalue weighted by Crippen LogP contribution is -2.19. The van der Waals surface area contributed by atoms with Crippen LogP contribution in [0.5, 0.6) is 5.75 Å². The van der Waals surface area contributed by atoms with Crippen LogP contribution in [0.15, 0.2) is 40.0 Å². The predicted octanol–water partition coefficient (Wildman–Crippen LogP) is 3.36. The maximum Gasteiger partial charge on any atom is 0.267 e. The second-order valence-corrected chi connectivity index (χ2v) is 7.06. The Morgan fingerprint density at radius 2 is 2.00 bits per heavy atom. The molecule has 1 aromatic carbocycles. The maximum absolute atomic E-state index is 13.5. The van der Waals surface area contributed by atoms with E-state index in [4.69, 9.17) is 10.6 Å². The smallest absolute Gasteiger partial charge is 0.267 e. The summed E-state index contributed by atoms with van der Waals surface area (Å²) in [6.07, 6.45) is 0. The van der Waals surface area contributed by atoms with Crippen LogP contribution in [0.1, 0.15) is 42.5 Å². The number of benzene rings is 1. The Labute approximate surface area is 152 Å². The molecule has 0 atom stereocenters. The number of hydrogen-bond acceptors (Lipinski definition) is 5. The fourth-order valence-corrected chi connectivity index (χ4v) is 2.20. The summed E-state index contributed by atoms with van der Waals surface area (Å²) in [4.78, 5) is 20.9. The Bertz CT molecular complexity index is 848. The molecule has 0 unspecified atom stereocenters. The van der Waals surface area contributed by atoms with Crippen LogP contribution >= 0.6 is 15.9 Å². The zero-order valence-electron chi connectivity index (χ0n) is 13.9. The van der Waals surface area contributed by atoms with Crippen molar-refractivity contribution < 1.29 is 19.1 Å². The molecule has 1 heterocycles. The Balaban J connectivity index is 2.65. The number of hydrogen-bond donors (Lipinski definition) is 2. The zero-order valence-corrected chi connectivity index (χ0v) is 15.5. The topological polar surface area (TPSA) is 97.8 Å². The minimum absolute atomic E-state index is 0.000872. The maximum atomic E-state index is 13.5. The molecule has 8 heteroatoms. The average Bonchev–Trinajstić information content (AvgIpc) is 2.51. The minimum atomic E-state index is -0.752. The van der Waals surface area contributed by atoms with E-state index in [1.165, 1.54) is 30.3 Å². The number of nitrogens with zero attached hydrogens (tertiary/aromatic N) is 2. The molecule has 0 saturated carbocycles. The van der Waals surface area contributed by atoms with Gasteiger partial charge in [0.25, 0.3) is 5.91 Å².